The van der Waals surface area contributed by atoms with Crippen LogP contribution in [0.25, 0.3) is 0 Å². The second kappa shape index (κ2) is 45.1. The Morgan fingerprint density at radius 2 is 0.426 bits per heavy atom. The predicted octanol–water partition coefficient (Wildman–Crippen LogP) is -19.0. The number of aliphatic hydroxyl groups excluding tert-OH is 28. The summed E-state index contributed by atoms with van der Waals surface area (Å²) in [5.74, 6) is -1.00. The molecule has 0 bridgehead atoms. The van der Waals surface area contributed by atoms with Crippen LogP contribution in [0.15, 0.2) is 0 Å². The average molecular weight is 1020 g/mol. The van der Waals surface area contributed by atoms with E-state index in [1.807, 2.05) is 0 Å². The summed E-state index contributed by atoms with van der Waals surface area (Å²) in [6, 6.07) is 0. The summed E-state index contributed by atoms with van der Waals surface area (Å²) >= 11 is 0. The first-order chi connectivity index (χ1) is 31.4. The Hall–Kier alpha value is -3.10. The van der Waals surface area contributed by atoms with Gasteiger partial charge in [0.2, 0.25) is 0 Å². The Labute approximate surface area is 383 Å². The Morgan fingerprint density at radius 1 is 0.265 bits per heavy atom. The summed E-state index contributed by atoms with van der Waals surface area (Å²) < 4.78 is 0. The number of Topliss-reactive ketones (excluding diaryl/α,β-unsaturated/α-hetero) is 1. The van der Waals surface area contributed by atoms with Crippen LogP contribution in [0.5, 0.6) is 0 Å². The van der Waals surface area contributed by atoms with E-state index in [-0.39, 0.29) is 31.4 Å². The van der Waals surface area contributed by atoms with Crippen molar-refractivity contribution >= 4 is 37.2 Å². The molecule has 0 aliphatic heterocycles. The lowest BCUT2D eigenvalue weighted by atomic mass is 10.0. The van der Waals surface area contributed by atoms with E-state index in [4.69, 9.17) is 143 Å². The molecule has 28 N–H and O–H groups in total. The molecule has 0 saturated carbocycles. The number of hydrogen-bond donors (Lipinski definition) is 28. The third-order valence-corrected chi connectivity index (χ3v) is 7.79. The molecule has 34 heteroatoms. The van der Waals surface area contributed by atoms with Crippen LogP contribution in [-0.2, 0) is 28.8 Å². The molecule has 0 rings (SSSR count). The maximum Gasteiger partial charge on any atom is 0.189 e. The molecule has 0 heterocycles. The highest BCUT2D eigenvalue weighted by molar-refractivity contribution is 5.84. The second-order valence-corrected chi connectivity index (χ2v) is 13.1. The highest BCUT2D eigenvalue weighted by Gasteiger charge is 2.32. The maximum absolute atomic E-state index is 10.5. The van der Waals surface area contributed by atoms with Crippen molar-refractivity contribution < 1.29 is 172 Å². The molecule has 0 aliphatic rings. The number of carbonyl (C=O) groups excluding carboxylic acids is 6. The zero-order chi connectivity index (χ0) is 55.2. The van der Waals surface area contributed by atoms with Gasteiger partial charge in [-0.3, -0.25) is 4.79 Å². The number of aliphatic hydroxyl groups is 28. The van der Waals surface area contributed by atoms with Crippen molar-refractivity contribution in [1.29, 1.82) is 0 Å². The molecule has 34 nitrogen and oxygen atoms in total. The first kappa shape index (κ1) is 76.4. The molecule has 0 aromatic heterocycles. The minimum Gasteiger partial charge on any atom is -0.394 e. The van der Waals surface area contributed by atoms with Gasteiger partial charge in [0.1, 0.15) is 135 Å². The van der Waals surface area contributed by atoms with Gasteiger partial charge < -0.3 is 167 Å². The second-order valence-electron chi connectivity index (χ2n) is 13.1. The lowest BCUT2D eigenvalue weighted by molar-refractivity contribution is -0.142. The van der Waals surface area contributed by atoms with E-state index in [1.54, 1.807) is 0 Å². The highest BCUT2D eigenvalue weighted by Crippen LogP contribution is 2.05. The van der Waals surface area contributed by atoms with Crippen LogP contribution < -0.4 is 0 Å². The molecule has 0 saturated heterocycles. The van der Waals surface area contributed by atoms with Gasteiger partial charge in [0.15, 0.2) is 37.2 Å². The van der Waals surface area contributed by atoms with Gasteiger partial charge in [-0.05, 0) is 0 Å². The lowest BCUT2D eigenvalue weighted by Gasteiger charge is -2.22. The summed E-state index contributed by atoms with van der Waals surface area (Å²) in [7, 11) is 0. The van der Waals surface area contributed by atoms with Crippen molar-refractivity contribution in [2.24, 2.45) is 0 Å². The van der Waals surface area contributed by atoms with Gasteiger partial charge in [-0.2, -0.15) is 0 Å². The van der Waals surface area contributed by atoms with Crippen molar-refractivity contribution in [2.75, 3.05) is 46.2 Å². The largest absolute Gasteiger partial charge is 0.394 e. The smallest absolute Gasteiger partial charge is 0.189 e. The number of carbonyl (C=O) groups is 6. The van der Waals surface area contributed by atoms with E-state index < -0.39 is 180 Å². The summed E-state index contributed by atoms with van der Waals surface area (Å²) in [5, 5.41) is 242. The van der Waals surface area contributed by atoms with E-state index >= 15 is 0 Å². The normalized spacial score (nSPS) is 20.2. The van der Waals surface area contributed by atoms with Gasteiger partial charge in [0, 0.05) is 0 Å². The standard InChI is InChI=1S/4C6H12O6.2C5H10O5/c4*7-1-3(9)5(11)6(12)4(10)2-8;2*6-1-3(8)5(10)4(9)2-7/h3,5-9,11-12H,1-2H2;3*1,3-6,8-12H,2H2;2*1,3-5,7-10H,2H2/t3-,5-,6-;3-,4+,5+,6+;3-,4+,5+,6-;3-,4-,5-,6-;3-,4+,5+;3-,4-,5+/m100100/s1. The number of ketones is 1. The summed E-state index contributed by atoms with van der Waals surface area (Å²) in [6.07, 6.45) is -35.0. The number of rotatable bonds is 28. The molecule has 0 aromatic carbocycles. The van der Waals surface area contributed by atoms with Crippen molar-refractivity contribution in [3.8, 4) is 0 Å². The number of hydrogen-bond acceptors (Lipinski definition) is 34. The average Bonchev–Trinajstić information content (AvgIpc) is 3.38. The fraction of sp³-hybridized carbons (Fsp3) is 0.824. The molecule has 0 spiro atoms. The van der Waals surface area contributed by atoms with Crippen LogP contribution in [0.4, 0.5) is 0 Å². The zero-order valence-electron chi connectivity index (χ0n) is 35.4. The van der Waals surface area contributed by atoms with E-state index in [1.165, 1.54) is 0 Å². The Morgan fingerprint density at radius 3 is 0.588 bits per heavy atom. The van der Waals surface area contributed by atoms with Crippen molar-refractivity contribution in [1.82, 2.24) is 0 Å². The van der Waals surface area contributed by atoms with Crippen LogP contribution in [-0.4, -0.2) is 355 Å². The molecule has 0 amide bonds. The minimum absolute atomic E-state index is 0.0258. The van der Waals surface area contributed by atoms with Gasteiger partial charge in [0.25, 0.3) is 0 Å². The van der Waals surface area contributed by atoms with Gasteiger partial charge in [-0.1, -0.05) is 0 Å². The Bertz CT molecular complexity index is 1140. The topological polar surface area (TPSA) is 669 Å². The van der Waals surface area contributed by atoms with Gasteiger partial charge >= 0.3 is 0 Å². The van der Waals surface area contributed by atoms with Gasteiger partial charge in [-0.25, -0.2) is 0 Å². The predicted molar refractivity (Wildman–Crippen MR) is 211 cm³/mol. The fourth-order valence-electron chi connectivity index (χ4n) is 3.29. The number of aldehydes is 5. The van der Waals surface area contributed by atoms with Crippen LogP contribution in [0, 0.1) is 0 Å². The highest BCUT2D eigenvalue weighted by atomic mass is 16.4. The van der Waals surface area contributed by atoms with E-state index in [0.29, 0.717) is 0 Å². The summed E-state index contributed by atoms with van der Waals surface area (Å²) in [5.41, 5.74) is 0. The minimum atomic E-state index is -1.86. The molecule has 0 unspecified atom stereocenters. The molecular weight excluding hydrogens is 952 g/mol. The quantitative estimate of drug-likeness (QED) is 0.0324. The molecule has 0 aromatic rings. The van der Waals surface area contributed by atoms with E-state index in [2.05, 4.69) is 0 Å². The Kier molecular flexibility index (Phi) is 50.6. The van der Waals surface area contributed by atoms with E-state index in [0.717, 1.165) is 0 Å². The van der Waals surface area contributed by atoms with Gasteiger partial charge in [0.05, 0.1) is 39.6 Å². The molecule has 68 heavy (non-hydrogen) atoms. The van der Waals surface area contributed by atoms with Crippen molar-refractivity contribution in [3.63, 3.8) is 0 Å². The molecule has 0 radical (unpaired) electrons. The molecular formula is C34H68O34. The molecule has 0 aliphatic carbocycles. The van der Waals surface area contributed by atoms with Crippen LogP contribution >= 0.6 is 0 Å². The zero-order valence-corrected chi connectivity index (χ0v) is 35.4. The molecule has 21 atom stereocenters. The third kappa shape index (κ3) is 33.4. The molecule has 0 fully saturated rings. The third-order valence-electron chi connectivity index (χ3n) is 7.79. The SMILES string of the molecule is O=C(CO)[C@@H](O)[C@H](O)[C@H](O)CO.O=C[C@@H](O)[C@@H](O)[C@H](O)[C@H](O)CO.O=C[C@H](O)[C@@H](O)[C@@H](O)CO.O=C[C@H](O)[C@@H](O)[C@@H](O)[C@H](O)CO.O=C[C@H](O)[C@@H](O)[C@H](O)CO.O=C[C@H](O)[C@@H](O)[C@H](O)[C@H](O)CO. The summed E-state index contributed by atoms with van der Waals surface area (Å²) in [6.45, 7) is -5.34. The first-order valence-corrected chi connectivity index (χ1v) is 18.8. The maximum atomic E-state index is 10.5. The van der Waals surface area contributed by atoms with Crippen LogP contribution in [0.2, 0.25) is 0 Å². The van der Waals surface area contributed by atoms with Crippen LogP contribution in [0.3, 0.4) is 0 Å². The van der Waals surface area contributed by atoms with Crippen molar-refractivity contribution in [2.45, 2.75) is 128 Å². The Balaban J connectivity index is -0.000000170. The van der Waals surface area contributed by atoms with Gasteiger partial charge in [-0.15, -0.1) is 0 Å². The molecule has 408 valence electrons. The van der Waals surface area contributed by atoms with Crippen molar-refractivity contribution in [3.05, 3.63) is 0 Å². The summed E-state index contributed by atoms with van der Waals surface area (Å²) in [4.78, 5) is 59.7. The van der Waals surface area contributed by atoms with E-state index in [9.17, 15) is 28.8 Å². The fourth-order valence-corrected chi connectivity index (χ4v) is 3.29. The van der Waals surface area contributed by atoms with Crippen LogP contribution in [0.1, 0.15) is 0 Å². The lowest BCUT2D eigenvalue weighted by Crippen LogP contribution is -2.46. The first-order valence-electron chi connectivity index (χ1n) is 18.8. The monoisotopic (exact) mass is 1020 g/mol.